The second-order valence-corrected chi connectivity index (χ2v) is 10.8. The number of halogens is 5. The van der Waals surface area contributed by atoms with Crippen molar-refractivity contribution in [2.45, 2.75) is 69.9 Å². The molecular weight excluding hydrogens is 599 g/mol. The van der Waals surface area contributed by atoms with Crippen LogP contribution in [0.2, 0.25) is 0 Å². The molecule has 2 aliphatic rings. The number of cyclic esters (lactones) is 1. The van der Waals surface area contributed by atoms with Crippen LogP contribution in [0.5, 0.6) is 5.75 Å². The maximum absolute atomic E-state index is 14.6. The molecule has 16 heteroatoms. The molecule has 1 unspecified atom stereocenters. The average molecular weight is 629 g/mol. The number of amides is 3. The highest BCUT2D eigenvalue weighted by Crippen LogP contribution is 2.31. The number of benzene rings is 1. The molecule has 44 heavy (non-hydrogen) atoms. The summed E-state index contributed by atoms with van der Waals surface area (Å²) < 4.78 is 76.3. The van der Waals surface area contributed by atoms with Gasteiger partial charge in [-0.1, -0.05) is 13.3 Å². The van der Waals surface area contributed by atoms with Crippen molar-refractivity contribution >= 4 is 23.7 Å². The van der Waals surface area contributed by atoms with Crippen LogP contribution in [0.25, 0.3) is 0 Å². The van der Waals surface area contributed by atoms with E-state index in [4.69, 9.17) is 4.74 Å². The number of nitrogens with zero attached hydrogens (tertiary/aromatic N) is 1. The van der Waals surface area contributed by atoms with E-state index in [-0.39, 0.29) is 5.92 Å². The van der Waals surface area contributed by atoms with Crippen molar-refractivity contribution in [3.63, 3.8) is 0 Å². The van der Waals surface area contributed by atoms with Gasteiger partial charge in [-0.05, 0) is 37.8 Å². The van der Waals surface area contributed by atoms with Crippen molar-refractivity contribution in [3.8, 4) is 5.75 Å². The molecule has 6 atom stereocenters. The summed E-state index contributed by atoms with van der Waals surface area (Å²) in [5.74, 6) is -18.0. The van der Waals surface area contributed by atoms with Crippen LogP contribution >= 0.6 is 0 Å². The largest absolute Gasteiger partial charge is 0.505 e. The smallest absolute Gasteiger partial charge is 0.329 e. The summed E-state index contributed by atoms with van der Waals surface area (Å²) in [5.41, 5.74) is -1.90. The molecule has 2 heterocycles. The van der Waals surface area contributed by atoms with E-state index >= 15 is 0 Å². The molecule has 2 fully saturated rings. The molecular formula is C28H29F5N4O7. The lowest BCUT2D eigenvalue weighted by molar-refractivity contribution is -0.158. The number of aliphatic hydroxyl groups is 1. The van der Waals surface area contributed by atoms with E-state index in [1.165, 1.54) is 26.1 Å². The lowest BCUT2D eigenvalue weighted by Crippen LogP contribution is -2.61. The van der Waals surface area contributed by atoms with Crippen LogP contribution in [0.15, 0.2) is 18.3 Å². The van der Waals surface area contributed by atoms with Crippen molar-refractivity contribution in [1.82, 2.24) is 20.9 Å². The van der Waals surface area contributed by atoms with Gasteiger partial charge in [-0.25, -0.2) is 31.7 Å². The Kier molecular flexibility index (Phi) is 9.71. The maximum atomic E-state index is 14.6. The number of aromatic hydroxyl groups is 1. The van der Waals surface area contributed by atoms with Gasteiger partial charge in [0, 0.05) is 18.2 Å². The van der Waals surface area contributed by atoms with Gasteiger partial charge < -0.3 is 30.9 Å². The third-order valence-corrected chi connectivity index (χ3v) is 7.91. The summed E-state index contributed by atoms with van der Waals surface area (Å²) in [6.45, 7) is 2.38. The Morgan fingerprint density at radius 2 is 1.61 bits per heavy atom. The first-order valence-electron chi connectivity index (χ1n) is 13.7. The Balaban J connectivity index is 1.75. The van der Waals surface area contributed by atoms with Crippen LogP contribution < -0.4 is 16.0 Å². The molecule has 0 bridgehead atoms. The van der Waals surface area contributed by atoms with E-state index in [9.17, 15) is 51.3 Å². The third-order valence-electron chi connectivity index (χ3n) is 7.91. The van der Waals surface area contributed by atoms with Crippen molar-refractivity contribution in [1.29, 1.82) is 0 Å². The summed E-state index contributed by atoms with van der Waals surface area (Å²) >= 11 is 0. The number of rotatable bonds is 5. The van der Waals surface area contributed by atoms with Crippen LogP contribution in [0.3, 0.4) is 0 Å². The number of pyridine rings is 1. The zero-order valence-corrected chi connectivity index (χ0v) is 23.4. The molecule has 1 saturated heterocycles. The number of carbonyl (C=O) groups is 4. The lowest BCUT2D eigenvalue weighted by atomic mass is 9.79. The number of aliphatic hydroxyl groups excluding tert-OH is 1. The second kappa shape index (κ2) is 13.1. The SMILES string of the molecule is C[C@H]1OC(=O)C(C2CCC2)NC(=O)[C@H](C)[C@H](O)[C@H](Cc2c(F)c(F)c(F)c(F)c2F)NC(=O)[C@H]1NC(=O)c1ncccc1O. The number of nitrogens with one attached hydrogen (secondary N) is 3. The zero-order chi connectivity index (χ0) is 32.5. The van der Waals surface area contributed by atoms with Gasteiger partial charge >= 0.3 is 5.97 Å². The Labute approximate surface area is 247 Å². The number of aromatic nitrogens is 1. The second-order valence-electron chi connectivity index (χ2n) is 10.8. The average Bonchev–Trinajstić information content (AvgIpc) is 2.96. The fourth-order valence-corrected chi connectivity index (χ4v) is 5.01. The van der Waals surface area contributed by atoms with E-state index in [0.717, 1.165) is 12.5 Å². The topological polar surface area (TPSA) is 167 Å². The van der Waals surface area contributed by atoms with Gasteiger partial charge in [0.1, 0.15) is 23.9 Å². The Hall–Kier alpha value is -4.34. The van der Waals surface area contributed by atoms with Crippen LogP contribution in [-0.2, 0) is 25.5 Å². The maximum Gasteiger partial charge on any atom is 0.329 e. The zero-order valence-electron chi connectivity index (χ0n) is 23.4. The number of hydrogen-bond acceptors (Lipinski definition) is 8. The normalized spacial score (nSPS) is 26.8. The molecule has 1 aliphatic heterocycles. The number of ether oxygens (including phenoxy) is 1. The molecule has 4 rings (SSSR count). The first-order valence-corrected chi connectivity index (χ1v) is 13.7. The van der Waals surface area contributed by atoms with E-state index in [1.54, 1.807) is 0 Å². The van der Waals surface area contributed by atoms with E-state index < -0.39 is 112 Å². The highest BCUT2D eigenvalue weighted by Gasteiger charge is 2.43. The standard InChI is InChI=1S/C28H29F5N4O7/c1-10-24(39)14(9-13-16(29)18(31)20(33)19(32)17(13)30)35-26(41)21(36-27(42)23-15(38)7-4-8-34-23)11(2)44-28(43)22(37-25(10)40)12-5-3-6-12/h4,7-8,10-12,14,21-22,24,38-39H,3,5-6,9H2,1-2H3,(H,35,41)(H,36,42)(H,37,40)/t10-,11-,14+,21+,22?,24+/m1/s1. The first kappa shape index (κ1) is 32.6. The molecule has 1 aliphatic carbocycles. The van der Waals surface area contributed by atoms with Crippen molar-refractivity contribution in [2.75, 3.05) is 0 Å². The first-order chi connectivity index (χ1) is 20.7. The molecule has 2 aromatic rings. The predicted octanol–water partition coefficient (Wildman–Crippen LogP) is 1.54. The van der Waals surface area contributed by atoms with E-state index in [1.807, 2.05) is 0 Å². The monoisotopic (exact) mass is 628 g/mol. The van der Waals surface area contributed by atoms with Gasteiger partial charge in [-0.3, -0.25) is 14.4 Å². The summed E-state index contributed by atoms with van der Waals surface area (Å²) in [6.07, 6.45) is -1.68. The number of hydrogen-bond donors (Lipinski definition) is 5. The van der Waals surface area contributed by atoms with Crippen molar-refractivity contribution in [3.05, 3.63) is 58.7 Å². The predicted molar refractivity (Wildman–Crippen MR) is 139 cm³/mol. The van der Waals surface area contributed by atoms with Crippen molar-refractivity contribution in [2.24, 2.45) is 11.8 Å². The lowest BCUT2D eigenvalue weighted by Gasteiger charge is -2.37. The summed E-state index contributed by atoms with van der Waals surface area (Å²) in [7, 11) is 0. The van der Waals surface area contributed by atoms with E-state index in [0.29, 0.717) is 12.8 Å². The molecule has 5 N–H and O–H groups in total. The van der Waals surface area contributed by atoms with Crippen LogP contribution in [0.4, 0.5) is 22.0 Å². The van der Waals surface area contributed by atoms with Gasteiger partial charge in [0.25, 0.3) is 5.91 Å². The molecule has 3 amide bonds. The minimum Gasteiger partial charge on any atom is -0.505 e. The summed E-state index contributed by atoms with van der Waals surface area (Å²) in [6, 6.07) is -2.44. The quantitative estimate of drug-likeness (QED) is 0.144. The highest BCUT2D eigenvalue weighted by atomic mass is 19.2. The summed E-state index contributed by atoms with van der Waals surface area (Å²) in [4.78, 5) is 56.5. The molecule has 11 nitrogen and oxygen atoms in total. The fourth-order valence-electron chi connectivity index (χ4n) is 5.01. The number of carbonyl (C=O) groups excluding carboxylic acids is 4. The van der Waals surface area contributed by atoms with Gasteiger partial charge in [0.2, 0.25) is 17.6 Å². The minimum atomic E-state index is -2.42. The highest BCUT2D eigenvalue weighted by molar-refractivity contribution is 5.98. The van der Waals surface area contributed by atoms with Gasteiger partial charge in [0.15, 0.2) is 29.0 Å². The molecule has 0 spiro atoms. The fraction of sp³-hybridized carbons (Fsp3) is 0.464. The van der Waals surface area contributed by atoms with Crippen LogP contribution in [0.1, 0.15) is 49.2 Å². The van der Waals surface area contributed by atoms with Crippen LogP contribution in [-0.4, -0.2) is 69.2 Å². The van der Waals surface area contributed by atoms with Gasteiger partial charge in [-0.2, -0.15) is 0 Å². The molecule has 1 saturated carbocycles. The number of esters is 1. The van der Waals surface area contributed by atoms with Crippen molar-refractivity contribution < 1.29 is 56.1 Å². The van der Waals surface area contributed by atoms with Crippen LogP contribution in [0, 0.1) is 40.9 Å². The molecule has 1 aromatic heterocycles. The Bertz CT molecular complexity index is 1450. The molecule has 1 aromatic carbocycles. The van der Waals surface area contributed by atoms with Gasteiger partial charge in [0.05, 0.1) is 18.1 Å². The third kappa shape index (κ3) is 6.44. The Morgan fingerprint density at radius 3 is 2.18 bits per heavy atom. The molecule has 238 valence electrons. The summed E-state index contributed by atoms with van der Waals surface area (Å²) in [5, 5.41) is 28.1. The Morgan fingerprint density at radius 1 is 1.00 bits per heavy atom. The van der Waals surface area contributed by atoms with E-state index in [2.05, 4.69) is 20.9 Å². The molecule has 0 radical (unpaired) electrons. The minimum absolute atomic E-state index is 0.359. The van der Waals surface area contributed by atoms with Gasteiger partial charge in [-0.15, -0.1) is 0 Å².